The smallest absolute Gasteiger partial charge is 0.323 e. The lowest BCUT2D eigenvalue weighted by Gasteiger charge is -2.33. The summed E-state index contributed by atoms with van der Waals surface area (Å²) < 4.78 is 38.2. The van der Waals surface area contributed by atoms with Crippen LogP contribution in [0, 0.1) is 5.92 Å². The van der Waals surface area contributed by atoms with Gasteiger partial charge in [0.1, 0.15) is 11.7 Å². The average Bonchev–Trinajstić information content (AvgIpc) is 3.48. The molecule has 2 saturated heterocycles. The van der Waals surface area contributed by atoms with Crippen molar-refractivity contribution in [1.82, 2.24) is 25.7 Å². The SMILES string of the molecule is O=C(Nc1ccc(C(F)(F)F)nc1)C1NNC2CCC(c3cncc(CN4CCCC4)c3)CC21. The standard InChI is InChI=1S/C24H29F3N6O/c25-24(26,27)21-6-4-18(13-29-21)30-23(34)22-19-10-16(3-5-20(19)31-32-22)17-9-15(11-28-12-17)14-33-7-1-2-8-33/h4,6,9,11-13,16,19-20,22,31-32H,1-3,5,7-8,10,14H2,(H,30,34). The van der Waals surface area contributed by atoms with Crippen molar-refractivity contribution < 1.29 is 18.0 Å². The molecule has 1 aliphatic carbocycles. The summed E-state index contributed by atoms with van der Waals surface area (Å²) in [7, 11) is 0. The van der Waals surface area contributed by atoms with E-state index in [2.05, 4.69) is 37.1 Å². The molecule has 4 atom stereocenters. The summed E-state index contributed by atoms with van der Waals surface area (Å²) in [5.74, 6) is 0.114. The molecular weight excluding hydrogens is 445 g/mol. The fourth-order valence-electron chi connectivity index (χ4n) is 5.49. The van der Waals surface area contributed by atoms with Gasteiger partial charge in [0.2, 0.25) is 5.91 Å². The molecule has 3 fully saturated rings. The third-order valence-corrected chi connectivity index (χ3v) is 7.25. The number of pyridine rings is 2. The van der Waals surface area contributed by atoms with E-state index in [4.69, 9.17) is 0 Å². The number of carbonyl (C=O) groups excluding carboxylic acids is 1. The van der Waals surface area contributed by atoms with Crippen molar-refractivity contribution in [2.75, 3.05) is 18.4 Å². The van der Waals surface area contributed by atoms with Crippen molar-refractivity contribution in [3.05, 3.63) is 53.6 Å². The molecule has 0 radical (unpaired) electrons. The molecule has 7 nitrogen and oxygen atoms in total. The molecule has 1 amide bonds. The first kappa shape index (κ1) is 23.2. The van der Waals surface area contributed by atoms with Crippen LogP contribution < -0.4 is 16.2 Å². The maximum Gasteiger partial charge on any atom is 0.433 e. The van der Waals surface area contributed by atoms with Gasteiger partial charge in [-0.25, -0.2) is 10.4 Å². The van der Waals surface area contributed by atoms with Crippen molar-refractivity contribution >= 4 is 11.6 Å². The zero-order valence-electron chi connectivity index (χ0n) is 18.8. The molecule has 4 heterocycles. The Balaban J connectivity index is 1.23. The molecule has 182 valence electrons. The lowest BCUT2D eigenvalue weighted by molar-refractivity contribution is -0.141. The highest BCUT2D eigenvalue weighted by atomic mass is 19.4. The molecule has 2 aromatic heterocycles. The molecule has 1 saturated carbocycles. The van der Waals surface area contributed by atoms with Gasteiger partial charge in [-0.3, -0.25) is 20.1 Å². The second kappa shape index (κ2) is 9.59. The summed E-state index contributed by atoms with van der Waals surface area (Å²) in [5.41, 5.74) is 8.05. The van der Waals surface area contributed by atoms with Gasteiger partial charge in [0.05, 0.1) is 11.9 Å². The number of nitrogens with zero attached hydrogens (tertiary/aromatic N) is 3. The molecule has 3 aliphatic rings. The number of hydrogen-bond acceptors (Lipinski definition) is 6. The second-order valence-corrected chi connectivity index (χ2v) is 9.58. The largest absolute Gasteiger partial charge is 0.433 e. The number of likely N-dealkylation sites (tertiary alicyclic amines) is 1. The third kappa shape index (κ3) is 5.08. The summed E-state index contributed by atoms with van der Waals surface area (Å²) in [6, 6.07) is 4.07. The normalized spacial score (nSPS) is 27.5. The number of alkyl halides is 3. The number of halogens is 3. The van der Waals surface area contributed by atoms with E-state index < -0.39 is 17.9 Å². The number of anilines is 1. The van der Waals surface area contributed by atoms with Crippen LogP contribution in [0.25, 0.3) is 0 Å². The first-order valence-electron chi connectivity index (χ1n) is 11.9. The highest BCUT2D eigenvalue weighted by molar-refractivity contribution is 5.95. The number of carbonyl (C=O) groups is 1. The van der Waals surface area contributed by atoms with Gasteiger partial charge >= 0.3 is 6.18 Å². The first-order chi connectivity index (χ1) is 16.4. The minimum absolute atomic E-state index is 0.0726. The second-order valence-electron chi connectivity index (χ2n) is 9.58. The maximum absolute atomic E-state index is 13.0. The lowest BCUT2D eigenvalue weighted by Crippen LogP contribution is -2.42. The van der Waals surface area contributed by atoms with Gasteiger partial charge in [-0.15, -0.1) is 0 Å². The van der Waals surface area contributed by atoms with E-state index in [1.54, 1.807) is 0 Å². The topological polar surface area (TPSA) is 82.2 Å². The number of fused-ring (bicyclic) bond motifs is 1. The summed E-state index contributed by atoms with van der Waals surface area (Å²) in [4.78, 5) is 23.3. The van der Waals surface area contributed by atoms with Gasteiger partial charge in [0.25, 0.3) is 0 Å². The van der Waals surface area contributed by atoms with E-state index in [9.17, 15) is 18.0 Å². The van der Waals surface area contributed by atoms with Gasteiger partial charge in [0, 0.05) is 30.9 Å². The van der Waals surface area contributed by atoms with Gasteiger partial charge in [-0.05, 0) is 74.4 Å². The highest BCUT2D eigenvalue weighted by Crippen LogP contribution is 2.40. The van der Waals surface area contributed by atoms with E-state index in [0.717, 1.165) is 51.2 Å². The molecule has 2 aliphatic heterocycles. The minimum atomic E-state index is -4.51. The molecule has 10 heteroatoms. The Bertz CT molecular complexity index is 1010. The number of hydrazine groups is 1. The van der Waals surface area contributed by atoms with Gasteiger partial charge in [-0.2, -0.15) is 13.2 Å². The van der Waals surface area contributed by atoms with Crippen LogP contribution in [0.15, 0.2) is 36.8 Å². The Hall–Kier alpha value is -2.56. The third-order valence-electron chi connectivity index (χ3n) is 7.25. The predicted octanol–water partition coefficient (Wildman–Crippen LogP) is 3.46. The van der Waals surface area contributed by atoms with Crippen molar-refractivity contribution in [3.63, 3.8) is 0 Å². The number of nitrogens with one attached hydrogen (secondary N) is 3. The summed E-state index contributed by atoms with van der Waals surface area (Å²) in [6.45, 7) is 3.20. The summed E-state index contributed by atoms with van der Waals surface area (Å²) in [5, 5.41) is 2.71. The Kier molecular flexibility index (Phi) is 6.54. The summed E-state index contributed by atoms with van der Waals surface area (Å²) in [6.07, 6.45) is 5.72. The van der Waals surface area contributed by atoms with Crippen LogP contribution in [-0.4, -0.2) is 45.9 Å². The molecule has 2 aromatic rings. The fourth-order valence-corrected chi connectivity index (χ4v) is 5.49. The van der Waals surface area contributed by atoms with Crippen molar-refractivity contribution in [2.24, 2.45) is 5.92 Å². The van der Waals surface area contributed by atoms with E-state index in [-0.39, 0.29) is 23.6 Å². The van der Waals surface area contributed by atoms with Gasteiger partial charge < -0.3 is 5.32 Å². The maximum atomic E-state index is 13.0. The van der Waals surface area contributed by atoms with E-state index >= 15 is 0 Å². The van der Waals surface area contributed by atoms with Crippen LogP contribution >= 0.6 is 0 Å². The Morgan fingerprint density at radius 3 is 2.68 bits per heavy atom. The van der Waals surface area contributed by atoms with E-state index in [0.29, 0.717) is 5.92 Å². The Labute approximate surface area is 196 Å². The first-order valence-corrected chi connectivity index (χ1v) is 11.9. The summed E-state index contributed by atoms with van der Waals surface area (Å²) >= 11 is 0. The zero-order chi connectivity index (χ0) is 23.7. The van der Waals surface area contributed by atoms with Gasteiger partial charge in [0.15, 0.2) is 0 Å². The molecular formula is C24H29F3N6O. The highest BCUT2D eigenvalue weighted by Gasteiger charge is 2.44. The molecule has 0 spiro atoms. The zero-order valence-corrected chi connectivity index (χ0v) is 18.8. The van der Waals surface area contributed by atoms with E-state index in [1.165, 1.54) is 30.0 Å². The van der Waals surface area contributed by atoms with Crippen molar-refractivity contribution in [3.8, 4) is 0 Å². The van der Waals surface area contributed by atoms with Gasteiger partial charge in [-0.1, -0.05) is 6.07 Å². The van der Waals surface area contributed by atoms with Crippen LogP contribution in [-0.2, 0) is 17.5 Å². The minimum Gasteiger partial charge on any atom is -0.323 e. The fraction of sp³-hybridized carbons (Fsp3) is 0.542. The van der Waals surface area contributed by atoms with Crippen LogP contribution in [0.3, 0.4) is 0 Å². The molecule has 0 bridgehead atoms. The lowest BCUT2D eigenvalue weighted by atomic mass is 9.73. The van der Waals surface area contributed by atoms with Crippen LogP contribution in [0.1, 0.15) is 54.8 Å². The average molecular weight is 475 g/mol. The molecule has 4 unspecified atom stereocenters. The van der Waals surface area contributed by atoms with E-state index in [1.807, 2.05) is 12.4 Å². The number of aromatic nitrogens is 2. The van der Waals surface area contributed by atoms with Crippen LogP contribution in [0.5, 0.6) is 0 Å². The van der Waals surface area contributed by atoms with Crippen LogP contribution in [0.2, 0.25) is 0 Å². The Morgan fingerprint density at radius 1 is 1.12 bits per heavy atom. The number of amides is 1. The predicted molar refractivity (Wildman–Crippen MR) is 121 cm³/mol. The van der Waals surface area contributed by atoms with Crippen molar-refractivity contribution in [1.29, 1.82) is 0 Å². The number of rotatable bonds is 5. The monoisotopic (exact) mass is 474 g/mol. The molecule has 0 aromatic carbocycles. The quantitative estimate of drug-likeness (QED) is 0.616. The van der Waals surface area contributed by atoms with Crippen LogP contribution in [0.4, 0.5) is 18.9 Å². The van der Waals surface area contributed by atoms with Crippen molar-refractivity contribution in [2.45, 2.75) is 62.8 Å². The Morgan fingerprint density at radius 2 is 1.94 bits per heavy atom. The molecule has 34 heavy (non-hydrogen) atoms. The molecule has 5 rings (SSSR count). The number of hydrogen-bond donors (Lipinski definition) is 3. The molecule has 3 N–H and O–H groups in total.